The minimum absolute atomic E-state index is 0.620. The lowest BCUT2D eigenvalue weighted by Gasteiger charge is -2.24. The molecule has 0 unspecified atom stereocenters. The van der Waals surface area contributed by atoms with Gasteiger partial charge in [0.2, 0.25) is 0 Å². The molecule has 1 aromatic rings. The predicted octanol–water partition coefficient (Wildman–Crippen LogP) is 5.37. The second-order valence-corrected chi connectivity index (χ2v) is 5.76. The van der Waals surface area contributed by atoms with Crippen molar-refractivity contribution >= 4 is 0 Å². The molecule has 0 aromatic heterocycles. The normalized spacial score (nSPS) is 11.9. The Morgan fingerprint density at radius 3 is 1.56 bits per heavy atom. The molecule has 0 heteroatoms. The number of aryl methyl sites for hydroxylation is 1. The number of rotatable bonds is 3. The summed E-state index contributed by atoms with van der Waals surface area (Å²) in [6.45, 7) is 16.1. The highest BCUT2D eigenvalue weighted by molar-refractivity contribution is 5.45. The highest BCUT2D eigenvalue weighted by atomic mass is 14.2. The van der Waals surface area contributed by atoms with Crippen LogP contribution in [0, 0.1) is 6.92 Å². The fourth-order valence-corrected chi connectivity index (χ4v) is 2.68. The molecule has 0 saturated heterocycles. The van der Waals surface area contributed by atoms with Gasteiger partial charge < -0.3 is 0 Å². The van der Waals surface area contributed by atoms with Crippen LogP contribution in [0.5, 0.6) is 0 Å². The first-order valence-corrected chi connectivity index (χ1v) is 6.49. The zero-order valence-corrected chi connectivity index (χ0v) is 11.9. The molecule has 0 amide bonds. The Kier molecular flexibility index (Phi) is 4.18. The van der Waals surface area contributed by atoms with E-state index in [4.69, 9.17) is 0 Å². The number of hydrogen-bond acceptors (Lipinski definition) is 0. The smallest absolute Gasteiger partial charge is 0.0213 e. The van der Waals surface area contributed by atoms with E-state index in [2.05, 4.69) is 60.6 Å². The van der Waals surface area contributed by atoms with Gasteiger partial charge in [-0.2, -0.15) is 0 Å². The highest BCUT2D eigenvalue weighted by Crippen LogP contribution is 2.35. The molecular formula is C16H26. The Balaban J connectivity index is 3.50. The Bertz CT molecular complexity index is 357. The SMILES string of the molecule is Cc1ccc(C(C)C)c(C(C)C)c1C(C)C. The molecule has 0 aliphatic rings. The maximum Gasteiger partial charge on any atom is -0.0213 e. The second kappa shape index (κ2) is 5.03. The molecule has 0 heterocycles. The maximum absolute atomic E-state index is 2.32. The van der Waals surface area contributed by atoms with Crippen LogP contribution in [0.4, 0.5) is 0 Å². The van der Waals surface area contributed by atoms with Crippen LogP contribution in [0.25, 0.3) is 0 Å². The average Bonchev–Trinajstić information content (AvgIpc) is 2.15. The van der Waals surface area contributed by atoms with Crippen molar-refractivity contribution in [1.82, 2.24) is 0 Å². The van der Waals surface area contributed by atoms with Crippen LogP contribution in [0.1, 0.15) is 81.5 Å². The summed E-state index contributed by atoms with van der Waals surface area (Å²) >= 11 is 0. The van der Waals surface area contributed by atoms with E-state index in [-0.39, 0.29) is 0 Å². The molecule has 0 radical (unpaired) electrons. The van der Waals surface area contributed by atoms with Gasteiger partial charge in [-0.3, -0.25) is 0 Å². The van der Waals surface area contributed by atoms with Gasteiger partial charge in [0, 0.05) is 0 Å². The van der Waals surface area contributed by atoms with Gasteiger partial charge in [-0.25, -0.2) is 0 Å². The lowest BCUT2D eigenvalue weighted by molar-refractivity contribution is 0.743. The largest absolute Gasteiger partial charge is 0.0587 e. The van der Waals surface area contributed by atoms with Crippen molar-refractivity contribution in [2.75, 3.05) is 0 Å². The van der Waals surface area contributed by atoms with E-state index in [0.717, 1.165) is 0 Å². The number of benzene rings is 1. The van der Waals surface area contributed by atoms with Crippen LogP contribution in [0.3, 0.4) is 0 Å². The van der Waals surface area contributed by atoms with Crippen LogP contribution in [-0.4, -0.2) is 0 Å². The van der Waals surface area contributed by atoms with E-state index >= 15 is 0 Å². The van der Waals surface area contributed by atoms with Crippen molar-refractivity contribution < 1.29 is 0 Å². The zero-order chi connectivity index (χ0) is 12.5. The van der Waals surface area contributed by atoms with E-state index in [0.29, 0.717) is 17.8 Å². The summed E-state index contributed by atoms with van der Waals surface area (Å²) in [5.41, 5.74) is 6.14. The molecule has 0 bridgehead atoms. The molecule has 0 saturated carbocycles. The lowest BCUT2D eigenvalue weighted by Crippen LogP contribution is -2.07. The summed E-state index contributed by atoms with van der Waals surface area (Å²) in [6, 6.07) is 4.61. The summed E-state index contributed by atoms with van der Waals surface area (Å²) in [5, 5.41) is 0. The van der Waals surface area contributed by atoms with Crippen molar-refractivity contribution in [2.24, 2.45) is 0 Å². The fraction of sp³-hybridized carbons (Fsp3) is 0.625. The predicted molar refractivity (Wildman–Crippen MR) is 73.4 cm³/mol. The molecule has 0 atom stereocenters. The molecule has 0 nitrogen and oxygen atoms in total. The van der Waals surface area contributed by atoms with E-state index in [9.17, 15) is 0 Å². The van der Waals surface area contributed by atoms with Gasteiger partial charge >= 0.3 is 0 Å². The molecule has 0 fully saturated rings. The summed E-state index contributed by atoms with van der Waals surface area (Å²) in [4.78, 5) is 0. The van der Waals surface area contributed by atoms with Crippen molar-refractivity contribution in [3.63, 3.8) is 0 Å². The third kappa shape index (κ3) is 2.48. The van der Waals surface area contributed by atoms with E-state index < -0.39 is 0 Å². The summed E-state index contributed by atoms with van der Waals surface area (Å²) in [6.07, 6.45) is 0. The molecule has 0 aliphatic carbocycles. The average molecular weight is 218 g/mol. The van der Waals surface area contributed by atoms with Crippen molar-refractivity contribution in [1.29, 1.82) is 0 Å². The van der Waals surface area contributed by atoms with Gasteiger partial charge in [-0.1, -0.05) is 53.7 Å². The minimum Gasteiger partial charge on any atom is -0.0587 e. The van der Waals surface area contributed by atoms with Crippen molar-refractivity contribution in [3.05, 3.63) is 34.4 Å². The first-order chi connectivity index (χ1) is 7.36. The lowest BCUT2D eigenvalue weighted by atomic mass is 9.81. The van der Waals surface area contributed by atoms with E-state index in [1.54, 1.807) is 11.1 Å². The molecule has 0 N–H and O–H groups in total. The quantitative estimate of drug-likeness (QED) is 0.640. The van der Waals surface area contributed by atoms with Crippen molar-refractivity contribution in [2.45, 2.75) is 66.2 Å². The van der Waals surface area contributed by atoms with Crippen LogP contribution in [-0.2, 0) is 0 Å². The van der Waals surface area contributed by atoms with Crippen LogP contribution < -0.4 is 0 Å². The summed E-state index contributed by atoms with van der Waals surface area (Å²) < 4.78 is 0. The zero-order valence-electron chi connectivity index (χ0n) is 11.9. The number of hydrogen-bond donors (Lipinski definition) is 0. The Hall–Kier alpha value is -0.780. The van der Waals surface area contributed by atoms with Crippen molar-refractivity contribution in [3.8, 4) is 0 Å². The van der Waals surface area contributed by atoms with Gasteiger partial charge in [-0.05, 0) is 46.9 Å². The van der Waals surface area contributed by atoms with E-state index in [1.807, 2.05) is 0 Å². The molecule has 0 aliphatic heterocycles. The van der Waals surface area contributed by atoms with Gasteiger partial charge in [0.15, 0.2) is 0 Å². The van der Waals surface area contributed by atoms with Crippen LogP contribution in [0.2, 0.25) is 0 Å². The Morgan fingerprint density at radius 2 is 1.19 bits per heavy atom. The summed E-state index contributed by atoms with van der Waals surface area (Å²) in [7, 11) is 0. The standard InChI is InChI=1S/C16H26/c1-10(2)14-9-8-13(7)15(11(3)4)16(14)12(5)6/h8-12H,1-7H3. The van der Waals surface area contributed by atoms with Gasteiger partial charge in [0.25, 0.3) is 0 Å². The fourth-order valence-electron chi connectivity index (χ4n) is 2.68. The van der Waals surface area contributed by atoms with E-state index in [1.165, 1.54) is 11.1 Å². The van der Waals surface area contributed by atoms with Crippen LogP contribution in [0.15, 0.2) is 12.1 Å². The highest BCUT2D eigenvalue weighted by Gasteiger charge is 2.17. The molecule has 1 aromatic carbocycles. The molecule has 0 spiro atoms. The maximum atomic E-state index is 2.32. The van der Waals surface area contributed by atoms with Gasteiger partial charge in [-0.15, -0.1) is 0 Å². The Labute approximate surface area is 101 Å². The second-order valence-electron chi connectivity index (χ2n) is 5.76. The molecule has 1 rings (SSSR count). The van der Waals surface area contributed by atoms with Crippen LogP contribution >= 0.6 is 0 Å². The van der Waals surface area contributed by atoms with Gasteiger partial charge in [0.1, 0.15) is 0 Å². The Morgan fingerprint density at radius 1 is 0.688 bits per heavy atom. The topological polar surface area (TPSA) is 0 Å². The molecule has 16 heavy (non-hydrogen) atoms. The molecular weight excluding hydrogens is 192 g/mol. The van der Waals surface area contributed by atoms with Gasteiger partial charge in [0.05, 0.1) is 0 Å². The molecule has 90 valence electrons. The first kappa shape index (κ1) is 13.3. The third-order valence-corrected chi connectivity index (χ3v) is 3.32. The first-order valence-electron chi connectivity index (χ1n) is 6.49. The monoisotopic (exact) mass is 218 g/mol. The minimum atomic E-state index is 0.620. The summed E-state index contributed by atoms with van der Waals surface area (Å²) in [5.74, 6) is 1.86. The third-order valence-electron chi connectivity index (χ3n) is 3.32.